The van der Waals surface area contributed by atoms with E-state index >= 15 is 0 Å². The van der Waals surface area contributed by atoms with Gasteiger partial charge in [-0.15, -0.1) is 0 Å². The predicted molar refractivity (Wildman–Crippen MR) is 198 cm³/mol. The molecule has 0 radical (unpaired) electrons. The molecule has 1 unspecified atom stereocenters. The van der Waals surface area contributed by atoms with Crippen LogP contribution >= 0.6 is 0 Å². The van der Waals surface area contributed by atoms with Crippen molar-refractivity contribution >= 4 is 21.4 Å². The van der Waals surface area contributed by atoms with Gasteiger partial charge in [0, 0.05) is 37.3 Å². The third kappa shape index (κ3) is 5.44. The Labute approximate surface area is 295 Å². The molecule has 5 fully saturated rings. The van der Waals surface area contributed by atoms with Gasteiger partial charge in [0.05, 0.1) is 17.1 Å². The maximum Gasteiger partial charge on any atom is 0.335 e. The Kier molecular flexibility index (Phi) is 8.69. The number of carbonyl (C=O) groups is 1. The van der Waals surface area contributed by atoms with Gasteiger partial charge in [-0.25, -0.2) is 13.2 Å². The van der Waals surface area contributed by atoms with E-state index in [1.54, 1.807) is 12.1 Å². The number of aromatic carboxylic acids is 1. The number of carboxylic acid groups (broad SMARTS) is 1. The quantitative estimate of drug-likeness (QED) is 0.270. The summed E-state index contributed by atoms with van der Waals surface area (Å²) in [6.45, 7) is 19.9. The van der Waals surface area contributed by atoms with Gasteiger partial charge in [-0.3, -0.25) is 0 Å². The van der Waals surface area contributed by atoms with Gasteiger partial charge >= 0.3 is 5.97 Å². The van der Waals surface area contributed by atoms with Crippen molar-refractivity contribution in [1.82, 2.24) is 10.2 Å². The molecule has 1 saturated heterocycles. The Morgan fingerprint density at radius 1 is 0.980 bits per heavy atom. The largest absolute Gasteiger partial charge is 0.478 e. The zero-order valence-corrected chi connectivity index (χ0v) is 31.5. The number of nitrogens with zero attached hydrogens (tertiary/aromatic N) is 1. The highest BCUT2D eigenvalue weighted by Crippen LogP contribution is 2.73. The van der Waals surface area contributed by atoms with Gasteiger partial charge in [-0.1, -0.05) is 58.1 Å². The molecule has 0 bridgehead atoms. The molecule has 7 nitrogen and oxygen atoms in total. The lowest BCUT2D eigenvalue weighted by molar-refractivity contribution is -0.186. The van der Waals surface area contributed by atoms with E-state index < -0.39 is 15.8 Å². The van der Waals surface area contributed by atoms with Crippen LogP contribution in [0, 0.1) is 45.8 Å². The van der Waals surface area contributed by atoms with Crippen molar-refractivity contribution in [3.05, 3.63) is 53.6 Å². The standard InChI is InChI=1S/C41H61N3O4S/c1-27(2)30-13-18-40(43-21-22-44-23-25-49(47,48)26-24-44)19-20-41(42)32(35(30)40)11-12-34-38(5)16-14-31(28-7-9-29(10-8-28)36(45)46)37(3,4)33(38)15-17-39(34,41)6/h7-10,14,30,32-35,43H,1,11-13,15-26,42H2,2-6H3,(H,45,46)/t30?,32-,33+,34-,35-,38+,39-,40+,41+/m1/s1. The van der Waals surface area contributed by atoms with Crippen molar-refractivity contribution in [2.45, 2.75) is 103 Å². The molecule has 1 heterocycles. The first-order chi connectivity index (χ1) is 23.0. The molecule has 4 saturated carbocycles. The van der Waals surface area contributed by atoms with E-state index in [4.69, 9.17) is 5.73 Å². The van der Waals surface area contributed by atoms with Gasteiger partial charge in [0.25, 0.3) is 0 Å². The molecular formula is C41H61N3O4S. The first-order valence-electron chi connectivity index (χ1n) is 19.1. The summed E-state index contributed by atoms with van der Waals surface area (Å²) >= 11 is 0. The minimum absolute atomic E-state index is 0.0294. The molecule has 1 aromatic rings. The second-order valence-electron chi connectivity index (χ2n) is 18.3. The Morgan fingerprint density at radius 2 is 1.67 bits per heavy atom. The molecule has 0 amide bonds. The van der Waals surface area contributed by atoms with E-state index in [0.29, 0.717) is 48.2 Å². The fraction of sp³-hybridized carbons (Fsp3) is 0.732. The number of fused-ring (bicyclic) bond motifs is 7. The van der Waals surface area contributed by atoms with Crippen molar-refractivity contribution < 1.29 is 18.3 Å². The molecule has 8 heteroatoms. The summed E-state index contributed by atoms with van der Waals surface area (Å²) < 4.78 is 24.0. The average molecular weight is 692 g/mol. The monoisotopic (exact) mass is 691 g/mol. The molecular weight excluding hydrogens is 631 g/mol. The summed E-state index contributed by atoms with van der Waals surface area (Å²) in [5.41, 5.74) is 12.2. The van der Waals surface area contributed by atoms with Gasteiger partial charge in [-0.05, 0) is 134 Å². The van der Waals surface area contributed by atoms with Crippen molar-refractivity contribution in [3.8, 4) is 0 Å². The van der Waals surface area contributed by atoms with Gasteiger partial charge in [0.15, 0.2) is 9.84 Å². The van der Waals surface area contributed by atoms with Gasteiger partial charge in [-0.2, -0.15) is 0 Å². The molecule has 9 atom stereocenters. The zero-order chi connectivity index (χ0) is 35.2. The van der Waals surface area contributed by atoms with Crippen LogP contribution in [0.15, 0.2) is 42.5 Å². The van der Waals surface area contributed by atoms with E-state index in [1.807, 2.05) is 12.1 Å². The van der Waals surface area contributed by atoms with Crippen molar-refractivity contribution in [3.63, 3.8) is 0 Å². The second kappa shape index (κ2) is 12.0. The lowest BCUT2D eigenvalue weighted by atomic mass is 9.34. The summed E-state index contributed by atoms with van der Waals surface area (Å²) in [5.74, 6) is 2.18. The van der Waals surface area contributed by atoms with Crippen LogP contribution in [0.2, 0.25) is 0 Å². The number of sulfone groups is 1. The Bertz CT molecular complexity index is 1620. The van der Waals surface area contributed by atoms with Crippen LogP contribution in [0.3, 0.4) is 0 Å². The van der Waals surface area contributed by atoms with Gasteiger partial charge in [0.2, 0.25) is 0 Å². The highest BCUT2D eigenvalue weighted by atomic mass is 32.2. The minimum atomic E-state index is -2.87. The molecule has 0 spiro atoms. The van der Waals surface area contributed by atoms with Crippen molar-refractivity contribution in [1.29, 1.82) is 0 Å². The summed E-state index contributed by atoms with van der Waals surface area (Å²) in [6, 6.07) is 7.51. The molecule has 5 aliphatic carbocycles. The number of benzene rings is 1. The first kappa shape index (κ1) is 35.4. The topological polar surface area (TPSA) is 113 Å². The fourth-order valence-corrected chi connectivity index (χ4v) is 14.7. The maximum absolute atomic E-state index is 12.0. The van der Waals surface area contributed by atoms with Crippen LogP contribution in [0.4, 0.5) is 0 Å². The average Bonchev–Trinajstić information content (AvgIpc) is 3.42. The molecule has 7 rings (SSSR count). The van der Waals surface area contributed by atoms with Crippen LogP contribution in [0.25, 0.3) is 5.57 Å². The molecule has 4 N–H and O–H groups in total. The first-order valence-corrected chi connectivity index (χ1v) is 21.0. The van der Waals surface area contributed by atoms with Crippen LogP contribution in [-0.4, -0.2) is 73.2 Å². The number of nitrogens with two attached hydrogens (primary N) is 1. The van der Waals surface area contributed by atoms with E-state index in [1.165, 1.54) is 36.8 Å². The normalized spacial score (nSPS) is 42.6. The van der Waals surface area contributed by atoms with Gasteiger partial charge < -0.3 is 21.1 Å². The second-order valence-corrected chi connectivity index (χ2v) is 20.6. The smallest absolute Gasteiger partial charge is 0.335 e. The van der Waals surface area contributed by atoms with Crippen LogP contribution in [-0.2, 0) is 9.84 Å². The van der Waals surface area contributed by atoms with E-state index in [9.17, 15) is 18.3 Å². The minimum Gasteiger partial charge on any atom is -0.478 e. The SMILES string of the molecule is C=C(C)C1CC[C@]2(NCCN3CCS(=O)(=O)CC3)CC[C@]3(N)[C@H](CC[C@@H]4[C@@]5(C)CC=C(c6ccc(C(=O)O)cc6)C(C)(C)[C@@H]5CC[C@]43C)[C@@H]12. The number of hydrogen-bond acceptors (Lipinski definition) is 6. The molecule has 6 aliphatic rings. The molecule has 0 aromatic heterocycles. The van der Waals surface area contributed by atoms with Crippen LogP contribution < -0.4 is 11.1 Å². The van der Waals surface area contributed by atoms with E-state index in [0.717, 1.165) is 50.8 Å². The highest BCUT2D eigenvalue weighted by molar-refractivity contribution is 7.91. The number of rotatable bonds is 7. The van der Waals surface area contributed by atoms with Crippen LogP contribution in [0.5, 0.6) is 0 Å². The highest BCUT2D eigenvalue weighted by Gasteiger charge is 2.71. The molecule has 49 heavy (non-hydrogen) atoms. The van der Waals surface area contributed by atoms with Crippen LogP contribution in [0.1, 0.15) is 108 Å². The maximum atomic E-state index is 12.0. The van der Waals surface area contributed by atoms with E-state index in [-0.39, 0.29) is 38.8 Å². The summed E-state index contributed by atoms with van der Waals surface area (Å²) in [6.07, 6.45) is 12.8. The summed E-state index contributed by atoms with van der Waals surface area (Å²) in [4.78, 5) is 13.9. The lowest BCUT2D eigenvalue weighted by Crippen LogP contribution is -2.75. The zero-order valence-electron chi connectivity index (χ0n) is 30.7. The van der Waals surface area contributed by atoms with Crippen molar-refractivity contribution in [2.24, 2.45) is 51.6 Å². The molecule has 1 aromatic carbocycles. The van der Waals surface area contributed by atoms with Gasteiger partial charge in [0.1, 0.15) is 0 Å². The Balaban J connectivity index is 1.15. The fourth-order valence-electron chi connectivity index (χ4n) is 13.5. The predicted octanol–water partition coefficient (Wildman–Crippen LogP) is 6.80. The number of allylic oxidation sites excluding steroid dienone is 3. The third-order valence-electron chi connectivity index (χ3n) is 15.9. The number of carboxylic acids is 1. The Hall–Kier alpha value is -2.00. The third-order valence-corrected chi connectivity index (χ3v) is 17.5. The number of hydrogen-bond donors (Lipinski definition) is 3. The molecule has 1 aliphatic heterocycles. The lowest BCUT2D eigenvalue weighted by Gasteiger charge is -2.72. The summed E-state index contributed by atoms with van der Waals surface area (Å²) in [7, 11) is -2.87. The Morgan fingerprint density at radius 3 is 2.33 bits per heavy atom. The van der Waals surface area contributed by atoms with E-state index in [2.05, 4.69) is 57.5 Å². The molecule has 270 valence electrons. The number of nitrogens with one attached hydrogen (secondary N) is 1. The van der Waals surface area contributed by atoms with Crippen molar-refractivity contribution in [2.75, 3.05) is 37.7 Å². The summed E-state index contributed by atoms with van der Waals surface area (Å²) in [5, 5.41) is 13.6.